The van der Waals surface area contributed by atoms with Gasteiger partial charge in [-0.3, -0.25) is 4.90 Å². The van der Waals surface area contributed by atoms with Crippen molar-refractivity contribution in [1.29, 1.82) is 0 Å². The molecule has 1 N–H and O–H groups in total. The van der Waals surface area contributed by atoms with Crippen molar-refractivity contribution < 1.29 is 14.3 Å². The molecule has 1 aromatic heterocycles. The highest BCUT2D eigenvalue weighted by Crippen LogP contribution is 2.47. The van der Waals surface area contributed by atoms with E-state index in [0.29, 0.717) is 5.76 Å². The third kappa shape index (κ3) is 3.66. The van der Waals surface area contributed by atoms with Crippen LogP contribution >= 0.6 is 0 Å². The Hall–Kier alpha value is -2.33. The molecular formula is C25H31NO3. The first kappa shape index (κ1) is 20.0. The van der Waals surface area contributed by atoms with Crippen molar-refractivity contribution in [2.24, 2.45) is 0 Å². The van der Waals surface area contributed by atoms with Crippen LogP contribution in [0.4, 0.5) is 0 Å². The van der Waals surface area contributed by atoms with Gasteiger partial charge in [0, 0.05) is 24.1 Å². The van der Waals surface area contributed by atoms with E-state index in [-0.39, 0.29) is 16.7 Å². The van der Waals surface area contributed by atoms with Crippen LogP contribution in [-0.4, -0.2) is 29.6 Å². The highest BCUT2D eigenvalue weighted by Gasteiger charge is 2.38. The quantitative estimate of drug-likeness (QED) is 0.719. The van der Waals surface area contributed by atoms with E-state index in [1.165, 1.54) is 41.2 Å². The van der Waals surface area contributed by atoms with Gasteiger partial charge in [-0.2, -0.15) is 0 Å². The summed E-state index contributed by atoms with van der Waals surface area (Å²) in [7, 11) is 2.11. The second-order valence-electron chi connectivity index (χ2n) is 10.0. The Morgan fingerprint density at radius 2 is 1.83 bits per heavy atom. The minimum atomic E-state index is -0.965. The Labute approximate surface area is 173 Å². The number of carboxylic acid groups (broad SMARTS) is 1. The molecule has 1 unspecified atom stereocenters. The van der Waals surface area contributed by atoms with Gasteiger partial charge in [0.15, 0.2) is 0 Å². The van der Waals surface area contributed by atoms with Gasteiger partial charge in [-0.05, 0) is 59.6 Å². The average Bonchev–Trinajstić information content (AvgIpc) is 3.05. The maximum atomic E-state index is 10.9. The van der Waals surface area contributed by atoms with Crippen LogP contribution in [-0.2, 0) is 22.2 Å². The van der Waals surface area contributed by atoms with Crippen LogP contribution in [0.25, 0.3) is 6.08 Å². The number of rotatable bonds is 3. The van der Waals surface area contributed by atoms with E-state index < -0.39 is 5.97 Å². The summed E-state index contributed by atoms with van der Waals surface area (Å²) >= 11 is 0. The van der Waals surface area contributed by atoms with E-state index in [9.17, 15) is 4.79 Å². The van der Waals surface area contributed by atoms with Crippen molar-refractivity contribution in [2.45, 2.75) is 63.8 Å². The minimum Gasteiger partial charge on any atom is -0.478 e. The molecule has 1 atom stereocenters. The second kappa shape index (κ2) is 6.88. The van der Waals surface area contributed by atoms with Crippen molar-refractivity contribution in [3.05, 3.63) is 64.1 Å². The number of carbonyl (C=O) groups is 1. The fourth-order valence-corrected chi connectivity index (χ4v) is 4.95. The molecule has 0 amide bonds. The molecule has 0 spiro atoms. The van der Waals surface area contributed by atoms with Crippen molar-refractivity contribution >= 4 is 12.0 Å². The van der Waals surface area contributed by atoms with Gasteiger partial charge in [-0.25, -0.2) is 4.79 Å². The molecule has 4 rings (SSSR count). The Morgan fingerprint density at radius 1 is 1.14 bits per heavy atom. The van der Waals surface area contributed by atoms with Crippen molar-refractivity contribution in [3.8, 4) is 0 Å². The van der Waals surface area contributed by atoms with Crippen LogP contribution in [0.2, 0.25) is 0 Å². The van der Waals surface area contributed by atoms with E-state index >= 15 is 0 Å². The topological polar surface area (TPSA) is 53.7 Å². The summed E-state index contributed by atoms with van der Waals surface area (Å²) < 4.78 is 5.97. The molecule has 1 aromatic carbocycles. The molecular weight excluding hydrogens is 362 g/mol. The standard InChI is InChI=1S/C25H31NO3/c1-24(2)10-11-25(3,4)21-12-16(6-8-20(21)24)19-14-26(5)15-22-18(19)13-17(29-22)7-9-23(27)28/h6-9,12-13,19H,10-11,14-15H2,1-5H3,(H,27,28). The number of aliphatic carboxylic acids is 1. The number of nitrogens with zero attached hydrogens (tertiary/aromatic N) is 1. The van der Waals surface area contributed by atoms with Gasteiger partial charge in [-0.1, -0.05) is 45.9 Å². The van der Waals surface area contributed by atoms with E-state index in [4.69, 9.17) is 9.52 Å². The first-order valence-corrected chi connectivity index (χ1v) is 10.4. The molecule has 154 valence electrons. The number of hydrogen-bond donors (Lipinski definition) is 1. The molecule has 1 aliphatic heterocycles. The predicted octanol–water partition coefficient (Wildman–Crippen LogP) is 5.30. The lowest BCUT2D eigenvalue weighted by Crippen LogP contribution is -2.34. The number of benzene rings is 1. The summed E-state index contributed by atoms with van der Waals surface area (Å²) in [5.41, 5.74) is 5.82. The summed E-state index contributed by atoms with van der Waals surface area (Å²) in [4.78, 5) is 13.1. The van der Waals surface area contributed by atoms with Gasteiger partial charge in [0.25, 0.3) is 0 Å². The molecule has 4 nitrogen and oxygen atoms in total. The zero-order valence-corrected chi connectivity index (χ0v) is 18.1. The zero-order chi connectivity index (χ0) is 21.0. The summed E-state index contributed by atoms with van der Waals surface area (Å²) in [6, 6.07) is 9.06. The molecule has 0 saturated carbocycles. The van der Waals surface area contributed by atoms with Gasteiger partial charge in [0.1, 0.15) is 11.5 Å². The first-order valence-electron chi connectivity index (χ1n) is 10.4. The maximum absolute atomic E-state index is 10.9. The summed E-state index contributed by atoms with van der Waals surface area (Å²) in [6.07, 6.45) is 5.08. The third-order valence-electron chi connectivity index (χ3n) is 6.81. The number of furan rings is 1. The van der Waals surface area contributed by atoms with Crippen molar-refractivity contribution in [1.82, 2.24) is 4.90 Å². The first-order chi connectivity index (χ1) is 13.6. The third-order valence-corrected chi connectivity index (χ3v) is 6.81. The lowest BCUT2D eigenvalue weighted by Gasteiger charge is -2.42. The van der Waals surface area contributed by atoms with Crippen LogP contribution in [0.1, 0.15) is 80.2 Å². The van der Waals surface area contributed by atoms with Gasteiger partial charge >= 0.3 is 5.97 Å². The molecule has 0 fully saturated rings. The zero-order valence-electron chi connectivity index (χ0n) is 18.1. The highest BCUT2D eigenvalue weighted by molar-refractivity contribution is 5.84. The van der Waals surface area contributed by atoms with Gasteiger partial charge in [0.2, 0.25) is 0 Å². The molecule has 29 heavy (non-hydrogen) atoms. The number of likely N-dealkylation sites (N-methyl/N-ethyl adjacent to an activating group) is 1. The lowest BCUT2D eigenvalue weighted by molar-refractivity contribution is -0.131. The van der Waals surface area contributed by atoms with Crippen LogP contribution in [0, 0.1) is 0 Å². The molecule has 2 aromatic rings. The van der Waals surface area contributed by atoms with Crippen LogP contribution in [0.15, 0.2) is 34.8 Å². The van der Waals surface area contributed by atoms with E-state index in [1.807, 2.05) is 6.07 Å². The number of carboxylic acids is 1. The SMILES string of the molecule is CN1Cc2oc(C=CC(=O)O)cc2C(c2ccc3c(c2)C(C)(C)CCC3(C)C)C1. The van der Waals surface area contributed by atoms with Crippen LogP contribution in [0.3, 0.4) is 0 Å². The van der Waals surface area contributed by atoms with Gasteiger partial charge < -0.3 is 9.52 Å². The fraction of sp³-hybridized carbons (Fsp3) is 0.480. The summed E-state index contributed by atoms with van der Waals surface area (Å²) in [6.45, 7) is 11.1. The summed E-state index contributed by atoms with van der Waals surface area (Å²) in [5, 5.41) is 8.92. The van der Waals surface area contributed by atoms with E-state index in [2.05, 4.69) is 57.8 Å². The Morgan fingerprint density at radius 3 is 2.52 bits per heavy atom. The normalized spacial score (nSPS) is 23.0. The Kier molecular flexibility index (Phi) is 4.73. The molecule has 0 radical (unpaired) electrons. The predicted molar refractivity (Wildman–Crippen MR) is 115 cm³/mol. The van der Waals surface area contributed by atoms with Crippen LogP contribution < -0.4 is 0 Å². The van der Waals surface area contributed by atoms with Gasteiger partial charge in [0.05, 0.1) is 6.54 Å². The Balaban J connectivity index is 1.77. The summed E-state index contributed by atoms with van der Waals surface area (Å²) in [5.74, 6) is 0.807. The second-order valence-corrected chi connectivity index (χ2v) is 10.0. The molecule has 1 aliphatic carbocycles. The molecule has 4 heteroatoms. The Bertz CT molecular complexity index is 980. The maximum Gasteiger partial charge on any atom is 0.328 e. The molecule has 0 bridgehead atoms. The minimum absolute atomic E-state index is 0.177. The van der Waals surface area contributed by atoms with Crippen molar-refractivity contribution in [2.75, 3.05) is 13.6 Å². The van der Waals surface area contributed by atoms with E-state index in [0.717, 1.165) is 24.9 Å². The monoisotopic (exact) mass is 393 g/mol. The fourth-order valence-electron chi connectivity index (χ4n) is 4.95. The highest BCUT2D eigenvalue weighted by atomic mass is 16.4. The largest absolute Gasteiger partial charge is 0.478 e. The van der Waals surface area contributed by atoms with E-state index in [1.54, 1.807) is 0 Å². The molecule has 2 aliphatic rings. The van der Waals surface area contributed by atoms with Gasteiger partial charge in [-0.15, -0.1) is 0 Å². The number of fused-ring (bicyclic) bond motifs is 2. The average molecular weight is 394 g/mol. The molecule has 2 heterocycles. The van der Waals surface area contributed by atoms with Crippen LogP contribution in [0.5, 0.6) is 0 Å². The smallest absolute Gasteiger partial charge is 0.328 e. The number of hydrogen-bond acceptors (Lipinski definition) is 3. The van der Waals surface area contributed by atoms with Crippen molar-refractivity contribution in [3.63, 3.8) is 0 Å². The molecule has 0 saturated heterocycles. The lowest BCUT2D eigenvalue weighted by atomic mass is 9.62.